The van der Waals surface area contributed by atoms with Crippen molar-refractivity contribution < 1.29 is 24.5 Å². The molecule has 1 aliphatic rings. The second-order valence-electron chi connectivity index (χ2n) is 7.33. The molecule has 2 aromatic heterocycles. The van der Waals surface area contributed by atoms with Gasteiger partial charge in [-0.25, -0.2) is 15.0 Å². The Labute approximate surface area is 197 Å². The molecule has 1 fully saturated rings. The Morgan fingerprint density at radius 2 is 1.97 bits per heavy atom. The van der Waals surface area contributed by atoms with Gasteiger partial charge in [-0.2, -0.15) is 0 Å². The average Bonchev–Trinajstić information content (AvgIpc) is 3.32. The van der Waals surface area contributed by atoms with E-state index in [2.05, 4.69) is 25.6 Å². The lowest BCUT2D eigenvalue weighted by Crippen LogP contribution is -2.42. The summed E-state index contributed by atoms with van der Waals surface area (Å²) in [5.74, 6) is -0.792. The van der Waals surface area contributed by atoms with E-state index in [9.17, 15) is 19.8 Å². The minimum Gasteiger partial charge on any atom is -0.387 e. The van der Waals surface area contributed by atoms with Gasteiger partial charge in [-0.3, -0.25) is 14.2 Å². The molecule has 1 aliphatic heterocycles. The molecule has 0 bridgehead atoms. The highest BCUT2D eigenvalue weighted by Gasteiger charge is 2.47. The molecule has 11 nitrogen and oxygen atoms in total. The van der Waals surface area contributed by atoms with E-state index in [1.54, 1.807) is 25.1 Å². The Morgan fingerprint density at radius 3 is 2.70 bits per heavy atom. The predicted octanol–water partition coefficient (Wildman–Crippen LogP) is 1.07. The normalized spacial score (nSPS) is 22.5. The van der Waals surface area contributed by atoms with Crippen molar-refractivity contribution >= 4 is 52.0 Å². The summed E-state index contributed by atoms with van der Waals surface area (Å²) >= 11 is 12.0. The maximum Gasteiger partial charge on any atom is 0.252 e. The van der Waals surface area contributed by atoms with E-state index in [0.717, 1.165) is 0 Å². The molecule has 0 aliphatic carbocycles. The summed E-state index contributed by atoms with van der Waals surface area (Å²) in [4.78, 5) is 37.1. The summed E-state index contributed by atoms with van der Waals surface area (Å²) in [6, 6.07) is 4.84. The maximum absolute atomic E-state index is 12.6. The van der Waals surface area contributed by atoms with E-state index in [4.69, 9.17) is 27.9 Å². The van der Waals surface area contributed by atoms with E-state index in [1.165, 1.54) is 17.2 Å². The largest absolute Gasteiger partial charge is 0.387 e. The van der Waals surface area contributed by atoms with Crippen molar-refractivity contribution in [1.29, 1.82) is 0 Å². The molecular formula is C20H20Cl2N6O5. The van der Waals surface area contributed by atoms with Gasteiger partial charge >= 0.3 is 0 Å². The third kappa shape index (κ3) is 4.63. The number of carbonyl (C=O) groups excluding carboxylic acids is 2. The van der Waals surface area contributed by atoms with Gasteiger partial charge in [0.15, 0.2) is 29.3 Å². The summed E-state index contributed by atoms with van der Waals surface area (Å²) in [7, 11) is 0. The first-order valence-electron chi connectivity index (χ1n) is 10.0. The van der Waals surface area contributed by atoms with Crippen molar-refractivity contribution in [2.75, 3.05) is 11.9 Å². The fourth-order valence-electron chi connectivity index (χ4n) is 3.52. The number of aliphatic hydroxyl groups is 2. The number of benzene rings is 1. The van der Waals surface area contributed by atoms with E-state index in [1.807, 2.05) is 0 Å². The highest BCUT2D eigenvalue weighted by molar-refractivity contribution is 6.35. The number of halogens is 2. The minimum absolute atomic E-state index is 0.0208. The molecule has 13 heteroatoms. The number of likely N-dealkylation sites (N-methyl/N-ethyl adjacent to an activating group) is 1. The van der Waals surface area contributed by atoms with Crippen LogP contribution in [0.15, 0.2) is 30.9 Å². The first kappa shape index (κ1) is 23.3. The lowest BCUT2D eigenvalue weighted by atomic mass is 10.1. The van der Waals surface area contributed by atoms with Gasteiger partial charge in [0.05, 0.1) is 12.7 Å². The number of hydrogen-bond donors (Lipinski definition) is 4. The first-order valence-corrected chi connectivity index (χ1v) is 10.8. The van der Waals surface area contributed by atoms with Gasteiger partial charge in [0.1, 0.15) is 18.5 Å². The number of nitrogens with one attached hydrogen (secondary N) is 2. The number of anilines is 1. The number of rotatable bonds is 6. The number of imidazole rings is 1. The van der Waals surface area contributed by atoms with Crippen LogP contribution in [0.5, 0.6) is 0 Å². The molecule has 0 unspecified atom stereocenters. The molecule has 4 rings (SSSR count). The van der Waals surface area contributed by atoms with E-state index in [0.29, 0.717) is 22.2 Å². The lowest BCUT2D eigenvalue weighted by molar-refractivity contribution is -0.137. The van der Waals surface area contributed by atoms with Gasteiger partial charge < -0.3 is 25.6 Å². The highest BCUT2D eigenvalue weighted by Crippen LogP contribution is 2.32. The van der Waals surface area contributed by atoms with Crippen LogP contribution in [0, 0.1) is 0 Å². The fraction of sp³-hybridized carbons (Fsp3) is 0.350. The molecule has 4 atom stereocenters. The topological polar surface area (TPSA) is 151 Å². The minimum atomic E-state index is -1.44. The molecule has 1 saturated heterocycles. The van der Waals surface area contributed by atoms with Crippen molar-refractivity contribution in [3.8, 4) is 0 Å². The standard InChI is InChI=1S/C20H20Cl2N6O5/c1-2-23-19(32)16-14(30)15(31)20(33-16)28-8-26-13-17(24-7-25-18(13)28)27-12(29)5-9-3-4-10(21)6-11(9)22/h3-4,6-8,14-16,20,30-31H,2,5H2,1H3,(H,23,32)(H,24,25,27,29)/t14-,15+,16+,20-/m1/s1. The summed E-state index contributed by atoms with van der Waals surface area (Å²) in [5, 5.41) is 26.8. The van der Waals surface area contributed by atoms with Crippen LogP contribution in [0.1, 0.15) is 18.7 Å². The first-order chi connectivity index (χ1) is 15.8. The van der Waals surface area contributed by atoms with Crippen LogP contribution < -0.4 is 10.6 Å². The smallest absolute Gasteiger partial charge is 0.252 e. The van der Waals surface area contributed by atoms with Crippen LogP contribution in [0.4, 0.5) is 5.82 Å². The predicted molar refractivity (Wildman–Crippen MR) is 119 cm³/mol. The summed E-state index contributed by atoms with van der Waals surface area (Å²) in [6.45, 7) is 2.07. The Hall–Kier alpha value is -2.83. The van der Waals surface area contributed by atoms with E-state index >= 15 is 0 Å². The van der Waals surface area contributed by atoms with Gasteiger partial charge in [-0.05, 0) is 24.6 Å². The Kier molecular flexibility index (Phi) is 6.77. The number of nitrogens with zero attached hydrogens (tertiary/aromatic N) is 4. The number of aliphatic hydroxyl groups excluding tert-OH is 2. The van der Waals surface area contributed by atoms with Crippen molar-refractivity contribution in [3.63, 3.8) is 0 Å². The number of hydrogen-bond acceptors (Lipinski definition) is 8. The fourth-order valence-corrected chi connectivity index (χ4v) is 4.00. The third-order valence-electron chi connectivity index (χ3n) is 5.10. The Balaban J connectivity index is 1.56. The molecule has 3 heterocycles. The Bertz CT molecular complexity index is 1200. The maximum atomic E-state index is 12.6. The molecule has 2 amide bonds. The van der Waals surface area contributed by atoms with E-state index in [-0.39, 0.29) is 23.4 Å². The van der Waals surface area contributed by atoms with Crippen molar-refractivity contribution in [3.05, 3.63) is 46.5 Å². The van der Waals surface area contributed by atoms with Gasteiger partial charge in [0.2, 0.25) is 5.91 Å². The SMILES string of the molecule is CCNC(=O)[C@H]1O[C@@H](n2cnc3c(NC(=O)Cc4ccc(Cl)cc4Cl)ncnc32)[C@@H](O)[C@H]1O. The van der Waals surface area contributed by atoms with Crippen LogP contribution in [0.25, 0.3) is 11.2 Å². The molecule has 3 aromatic rings. The van der Waals surface area contributed by atoms with Gasteiger partial charge in [-0.1, -0.05) is 29.3 Å². The molecule has 0 radical (unpaired) electrons. The lowest BCUT2D eigenvalue weighted by Gasteiger charge is -2.16. The van der Waals surface area contributed by atoms with Crippen molar-refractivity contribution in [2.45, 2.75) is 37.9 Å². The van der Waals surface area contributed by atoms with Gasteiger partial charge in [0.25, 0.3) is 5.91 Å². The van der Waals surface area contributed by atoms with Gasteiger partial charge in [-0.15, -0.1) is 0 Å². The van der Waals surface area contributed by atoms with Gasteiger partial charge in [0, 0.05) is 16.6 Å². The second-order valence-corrected chi connectivity index (χ2v) is 8.17. The highest BCUT2D eigenvalue weighted by atomic mass is 35.5. The number of ether oxygens (including phenoxy) is 1. The summed E-state index contributed by atoms with van der Waals surface area (Å²) < 4.78 is 6.98. The molecule has 0 spiro atoms. The zero-order valence-corrected chi connectivity index (χ0v) is 18.8. The molecule has 4 N–H and O–H groups in total. The number of aromatic nitrogens is 4. The Morgan fingerprint density at radius 1 is 1.18 bits per heavy atom. The summed E-state index contributed by atoms with van der Waals surface area (Å²) in [6.07, 6.45) is -2.71. The molecular weight excluding hydrogens is 475 g/mol. The number of amides is 2. The monoisotopic (exact) mass is 494 g/mol. The zero-order valence-electron chi connectivity index (χ0n) is 17.3. The quantitative estimate of drug-likeness (QED) is 0.397. The molecule has 174 valence electrons. The second kappa shape index (κ2) is 9.57. The van der Waals surface area contributed by atoms with Crippen LogP contribution in [-0.2, 0) is 20.7 Å². The van der Waals surface area contributed by atoms with Crippen LogP contribution in [-0.4, -0.2) is 66.4 Å². The molecule has 1 aromatic carbocycles. The zero-order chi connectivity index (χ0) is 23.7. The number of fused-ring (bicyclic) bond motifs is 1. The van der Waals surface area contributed by atoms with E-state index < -0.39 is 36.4 Å². The third-order valence-corrected chi connectivity index (χ3v) is 5.69. The molecule has 33 heavy (non-hydrogen) atoms. The molecule has 0 saturated carbocycles. The van der Waals surface area contributed by atoms with Crippen LogP contribution >= 0.6 is 23.2 Å². The average molecular weight is 495 g/mol. The van der Waals surface area contributed by atoms with Crippen LogP contribution in [0.3, 0.4) is 0 Å². The van der Waals surface area contributed by atoms with Crippen LogP contribution in [0.2, 0.25) is 10.0 Å². The van der Waals surface area contributed by atoms with Crippen molar-refractivity contribution in [1.82, 2.24) is 24.8 Å². The van der Waals surface area contributed by atoms with Crippen molar-refractivity contribution in [2.24, 2.45) is 0 Å². The number of carbonyl (C=O) groups is 2. The summed E-state index contributed by atoms with van der Waals surface area (Å²) in [5.41, 5.74) is 1.06.